The Balaban J connectivity index is 2.22. The van der Waals surface area contributed by atoms with E-state index in [1.807, 2.05) is 6.92 Å². The summed E-state index contributed by atoms with van der Waals surface area (Å²) in [6, 6.07) is 0. The van der Waals surface area contributed by atoms with Gasteiger partial charge in [-0.15, -0.1) is 0 Å². The van der Waals surface area contributed by atoms with Crippen molar-refractivity contribution >= 4 is 11.5 Å². The predicted molar refractivity (Wildman–Crippen MR) is 59.0 cm³/mol. The Morgan fingerprint density at radius 2 is 2.07 bits per heavy atom. The molecule has 0 radical (unpaired) electrons. The number of rotatable bonds is 2. The molecule has 0 aromatic carbocycles. The molecule has 1 heterocycles. The molecule has 1 fully saturated rings. The van der Waals surface area contributed by atoms with Gasteiger partial charge in [0.2, 0.25) is 5.72 Å². The van der Waals surface area contributed by atoms with Gasteiger partial charge in [-0.25, -0.2) is 4.99 Å². The minimum Gasteiger partial charge on any atom is -0.341 e. The van der Waals surface area contributed by atoms with Crippen molar-refractivity contribution in [1.29, 1.82) is 0 Å². The van der Waals surface area contributed by atoms with E-state index in [4.69, 9.17) is 4.74 Å². The van der Waals surface area contributed by atoms with Crippen molar-refractivity contribution in [2.75, 3.05) is 6.61 Å². The first kappa shape index (κ1) is 10.8. The van der Waals surface area contributed by atoms with E-state index in [2.05, 4.69) is 4.99 Å². The molecule has 2 rings (SSSR count). The summed E-state index contributed by atoms with van der Waals surface area (Å²) in [4.78, 5) is 16.3. The zero-order chi connectivity index (χ0) is 10.9. The number of carbonyl (C=O) groups excluding carboxylic acids is 1. The van der Waals surface area contributed by atoms with Crippen LogP contribution in [0.5, 0.6) is 0 Å². The molecule has 1 unspecified atom stereocenters. The molecular formula is C12H19NO2. The van der Waals surface area contributed by atoms with Gasteiger partial charge in [-0.1, -0.05) is 19.3 Å². The zero-order valence-corrected chi connectivity index (χ0v) is 9.58. The summed E-state index contributed by atoms with van der Waals surface area (Å²) in [5.74, 6) is 0.382. The van der Waals surface area contributed by atoms with E-state index in [1.165, 1.54) is 19.3 Å². The summed E-state index contributed by atoms with van der Waals surface area (Å²) in [7, 11) is 0. The molecule has 1 saturated carbocycles. The van der Waals surface area contributed by atoms with E-state index >= 15 is 0 Å². The van der Waals surface area contributed by atoms with Crippen LogP contribution in [0, 0.1) is 5.92 Å². The van der Waals surface area contributed by atoms with Crippen LogP contribution in [0.15, 0.2) is 4.99 Å². The first-order chi connectivity index (χ1) is 7.15. The van der Waals surface area contributed by atoms with Gasteiger partial charge in [0, 0.05) is 11.6 Å². The number of aliphatic imine (C=N–C) groups is 1. The quantitative estimate of drug-likeness (QED) is 0.700. The summed E-state index contributed by atoms with van der Waals surface area (Å²) < 4.78 is 5.70. The number of hydrogen-bond donors (Lipinski definition) is 0. The number of Topliss-reactive ketones (excluding diaryl/α,β-unsaturated/α-hetero) is 1. The average molecular weight is 209 g/mol. The lowest BCUT2D eigenvalue weighted by Gasteiger charge is -2.34. The van der Waals surface area contributed by atoms with Gasteiger partial charge in [0.1, 0.15) is 0 Å². The number of hydrogen-bond acceptors (Lipinski definition) is 3. The molecule has 1 atom stereocenters. The molecule has 0 amide bonds. The maximum absolute atomic E-state index is 11.8. The summed E-state index contributed by atoms with van der Waals surface area (Å²) in [5.41, 5.74) is 0.139. The van der Waals surface area contributed by atoms with Crippen LogP contribution in [0.3, 0.4) is 0 Å². The third-order valence-electron chi connectivity index (χ3n) is 3.52. The van der Waals surface area contributed by atoms with Gasteiger partial charge < -0.3 is 4.74 Å². The highest BCUT2D eigenvalue weighted by molar-refractivity contribution is 5.93. The lowest BCUT2D eigenvalue weighted by molar-refractivity contribution is -0.145. The normalized spacial score (nSPS) is 32.8. The van der Waals surface area contributed by atoms with Crippen molar-refractivity contribution in [3.63, 3.8) is 0 Å². The molecular weight excluding hydrogens is 190 g/mol. The molecule has 0 saturated heterocycles. The molecule has 3 nitrogen and oxygen atoms in total. The number of carbonyl (C=O) groups is 1. The molecule has 1 aliphatic carbocycles. The highest BCUT2D eigenvalue weighted by Gasteiger charge is 2.47. The number of ether oxygens (including phenoxy) is 1. The van der Waals surface area contributed by atoms with Gasteiger partial charge in [-0.3, -0.25) is 4.79 Å². The third kappa shape index (κ3) is 1.85. The molecule has 3 heteroatoms. The second-order valence-electron chi connectivity index (χ2n) is 4.72. The second kappa shape index (κ2) is 4.05. The van der Waals surface area contributed by atoms with Crippen LogP contribution in [-0.4, -0.2) is 23.8 Å². The van der Waals surface area contributed by atoms with Crippen molar-refractivity contribution in [1.82, 2.24) is 0 Å². The summed E-state index contributed by atoms with van der Waals surface area (Å²) in [6.07, 6.45) is 5.86. The van der Waals surface area contributed by atoms with E-state index in [0.717, 1.165) is 18.6 Å². The molecule has 15 heavy (non-hydrogen) atoms. The van der Waals surface area contributed by atoms with Crippen LogP contribution in [0.1, 0.15) is 46.0 Å². The maximum Gasteiger partial charge on any atom is 0.220 e. The van der Waals surface area contributed by atoms with E-state index < -0.39 is 5.72 Å². The lowest BCUT2D eigenvalue weighted by Crippen LogP contribution is -2.44. The van der Waals surface area contributed by atoms with E-state index in [9.17, 15) is 4.79 Å². The Morgan fingerprint density at radius 3 is 2.53 bits per heavy atom. The highest BCUT2D eigenvalue weighted by Crippen LogP contribution is 2.39. The van der Waals surface area contributed by atoms with Crippen LogP contribution in [0.25, 0.3) is 0 Å². The van der Waals surface area contributed by atoms with E-state index in [-0.39, 0.29) is 5.78 Å². The summed E-state index contributed by atoms with van der Waals surface area (Å²) in [6.45, 7) is 4.07. The average Bonchev–Trinajstić information content (AvgIpc) is 2.63. The van der Waals surface area contributed by atoms with Gasteiger partial charge in [-0.2, -0.15) is 0 Å². The first-order valence-electron chi connectivity index (χ1n) is 5.85. The molecule has 0 N–H and O–H groups in total. The Morgan fingerprint density at radius 1 is 1.40 bits per heavy atom. The molecule has 0 aromatic heterocycles. The highest BCUT2D eigenvalue weighted by atomic mass is 16.5. The summed E-state index contributed by atoms with van der Waals surface area (Å²) in [5, 5.41) is 0. The Kier molecular flexibility index (Phi) is 2.91. The molecule has 2 aliphatic rings. The second-order valence-corrected chi connectivity index (χ2v) is 4.72. The Labute approximate surface area is 90.9 Å². The number of nitrogens with zero attached hydrogens (tertiary/aromatic N) is 1. The largest absolute Gasteiger partial charge is 0.341 e. The monoisotopic (exact) mass is 209 g/mol. The molecule has 1 aliphatic heterocycles. The minimum absolute atomic E-state index is 0.0752. The lowest BCUT2D eigenvalue weighted by atomic mass is 9.80. The van der Waals surface area contributed by atoms with Crippen molar-refractivity contribution in [2.24, 2.45) is 10.9 Å². The number of ketones is 1. The topological polar surface area (TPSA) is 38.7 Å². The standard InChI is InChI=1S/C12H19NO2/c1-9-8-15-12(13-9,10(2)14)11-6-4-3-5-7-11/h11H,3-8H2,1-2H3. The van der Waals surface area contributed by atoms with E-state index in [0.29, 0.717) is 12.5 Å². The minimum atomic E-state index is -0.815. The Bertz CT molecular complexity index is 292. The van der Waals surface area contributed by atoms with Gasteiger partial charge in [0.05, 0.1) is 6.61 Å². The van der Waals surface area contributed by atoms with Crippen molar-refractivity contribution < 1.29 is 9.53 Å². The molecule has 0 bridgehead atoms. The maximum atomic E-state index is 11.8. The zero-order valence-electron chi connectivity index (χ0n) is 9.58. The third-order valence-corrected chi connectivity index (χ3v) is 3.52. The summed E-state index contributed by atoms with van der Waals surface area (Å²) >= 11 is 0. The van der Waals surface area contributed by atoms with Gasteiger partial charge >= 0.3 is 0 Å². The van der Waals surface area contributed by atoms with Crippen LogP contribution < -0.4 is 0 Å². The molecule has 0 spiro atoms. The van der Waals surface area contributed by atoms with Crippen LogP contribution in [0.4, 0.5) is 0 Å². The van der Waals surface area contributed by atoms with Crippen LogP contribution in [-0.2, 0) is 9.53 Å². The fourth-order valence-corrected chi connectivity index (χ4v) is 2.73. The van der Waals surface area contributed by atoms with Crippen LogP contribution in [0.2, 0.25) is 0 Å². The fraction of sp³-hybridized carbons (Fsp3) is 0.833. The van der Waals surface area contributed by atoms with E-state index in [1.54, 1.807) is 6.92 Å². The van der Waals surface area contributed by atoms with Gasteiger partial charge in [-0.05, 0) is 26.7 Å². The smallest absolute Gasteiger partial charge is 0.220 e. The molecule has 84 valence electrons. The van der Waals surface area contributed by atoms with Crippen molar-refractivity contribution in [3.8, 4) is 0 Å². The predicted octanol–water partition coefficient (Wildman–Crippen LogP) is 2.34. The fourth-order valence-electron chi connectivity index (χ4n) is 2.73. The first-order valence-corrected chi connectivity index (χ1v) is 5.85. The van der Waals surface area contributed by atoms with Gasteiger partial charge in [0.25, 0.3) is 0 Å². The molecule has 0 aromatic rings. The SMILES string of the molecule is CC(=O)C1(C2CCCCC2)N=C(C)CO1. The van der Waals surface area contributed by atoms with Crippen molar-refractivity contribution in [3.05, 3.63) is 0 Å². The van der Waals surface area contributed by atoms with Crippen LogP contribution >= 0.6 is 0 Å². The van der Waals surface area contributed by atoms with Gasteiger partial charge in [0.15, 0.2) is 5.78 Å². The van der Waals surface area contributed by atoms with Crippen molar-refractivity contribution in [2.45, 2.75) is 51.7 Å². The Hall–Kier alpha value is -0.700.